The van der Waals surface area contributed by atoms with Gasteiger partial charge in [-0.05, 0) is 30.3 Å². The molecule has 0 atom stereocenters. The molecule has 2 aromatic rings. The third kappa shape index (κ3) is 4.68. The molecule has 0 saturated heterocycles. The lowest BCUT2D eigenvalue weighted by molar-refractivity contribution is -0.118. The molecular weight excluding hydrogens is 400 g/mol. The zero-order valence-corrected chi connectivity index (χ0v) is 14.8. The van der Waals surface area contributed by atoms with Gasteiger partial charge >= 0.3 is 5.97 Å². The molecule has 0 saturated carbocycles. The van der Waals surface area contributed by atoms with Crippen molar-refractivity contribution in [3.63, 3.8) is 0 Å². The summed E-state index contributed by atoms with van der Waals surface area (Å²) in [5, 5.41) is 12.2. The first kappa shape index (κ1) is 18.7. The van der Waals surface area contributed by atoms with Crippen LogP contribution in [0.3, 0.4) is 0 Å². The summed E-state index contributed by atoms with van der Waals surface area (Å²) in [7, 11) is 0. The lowest BCUT2D eigenvalue weighted by Gasteiger charge is -2.11. The number of anilines is 1. The Morgan fingerprint density at radius 1 is 1.00 bits per heavy atom. The van der Waals surface area contributed by atoms with Gasteiger partial charge in [-0.1, -0.05) is 46.4 Å². The highest BCUT2D eigenvalue weighted by Gasteiger charge is 2.15. The fourth-order valence-electron chi connectivity index (χ4n) is 1.73. The number of benzene rings is 2. The minimum atomic E-state index is -1.24. The maximum atomic E-state index is 11.9. The Hall–Kier alpha value is -1.66. The first-order chi connectivity index (χ1) is 11.3. The topological polar surface area (TPSA) is 75.6 Å². The Morgan fingerprint density at radius 2 is 1.71 bits per heavy atom. The maximum absolute atomic E-state index is 11.9. The molecule has 0 aromatic heterocycles. The quantitative estimate of drug-likeness (QED) is 0.728. The van der Waals surface area contributed by atoms with Crippen LogP contribution in [0.15, 0.2) is 30.3 Å². The molecular formula is C15H9Cl4NO4. The Balaban J connectivity index is 2.07. The third-order valence-corrected chi connectivity index (χ3v) is 3.97. The maximum Gasteiger partial charge on any atom is 0.337 e. The smallest absolute Gasteiger partial charge is 0.337 e. The van der Waals surface area contributed by atoms with E-state index in [1.165, 1.54) is 24.3 Å². The minimum Gasteiger partial charge on any atom is -0.482 e. The van der Waals surface area contributed by atoms with Crippen LogP contribution < -0.4 is 10.1 Å². The predicted octanol–water partition coefficient (Wildman–Crippen LogP) is 5.02. The van der Waals surface area contributed by atoms with Crippen molar-refractivity contribution < 1.29 is 19.4 Å². The number of amides is 1. The molecule has 2 N–H and O–H groups in total. The molecule has 0 aliphatic rings. The second-order valence-corrected chi connectivity index (χ2v) is 6.19. The Kier molecular flexibility index (Phi) is 6.18. The van der Waals surface area contributed by atoms with E-state index in [-0.39, 0.29) is 38.7 Å². The molecule has 0 fully saturated rings. The van der Waals surface area contributed by atoms with Crippen LogP contribution in [-0.2, 0) is 4.79 Å². The number of carboxylic acids is 1. The zero-order chi connectivity index (χ0) is 17.9. The van der Waals surface area contributed by atoms with Crippen molar-refractivity contribution in [3.8, 4) is 5.75 Å². The highest BCUT2D eigenvalue weighted by Crippen LogP contribution is 2.30. The number of hydrogen-bond acceptors (Lipinski definition) is 3. The zero-order valence-electron chi connectivity index (χ0n) is 11.8. The van der Waals surface area contributed by atoms with Gasteiger partial charge in [-0.3, -0.25) is 4.79 Å². The fourth-order valence-corrected chi connectivity index (χ4v) is 2.70. The van der Waals surface area contributed by atoms with E-state index in [0.717, 1.165) is 0 Å². The Labute approximate surface area is 157 Å². The van der Waals surface area contributed by atoms with Crippen LogP contribution in [0, 0.1) is 0 Å². The van der Waals surface area contributed by atoms with Crippen molar-refractivity contribution in [3.05, 3.63) is 56.0 Å². The average Bonchev–Trinajstić information content (AvgIpc) is 2.48. The van der Waals surface area contributed by atoms with Crippen molar-refractivity contribution in [2.45, 2.75) is 0 Å². The monoisotopic (exact) mass is 407 g/mol. The summed E-state index contributed by atoms with van der Waals surface area (Å²) in [5.41, 5.74) is -0.0766. The SMILES string of the molecule is O=C(COc1ccc(Cl)cc1Cl)Nc1cc(C(=O)O)c(Cl)cc1Cl. The first-order valence-electron chi connectivity index (χ1n) is 6.38. The van der Waals surface area contributed by atoms with E-state index in [4.69, 9.17) is 56.2 Å². The van der Waals surface area contributed by atoms with Gasteiger partial charge in [0.15, 0.2) is 6.61 Å². The van der Waals surface area contributed by atoms with Crippen molar-refractivity contribution in [1.29, 1.82) is 0 Å². The van der Waals surface area contributed by atoms with Crippen molar-refractivity contribution in [2.24, 2.45) is 0 Å². The second kappa shape index (κ2) is 7.94. The Bertz CT molecular complexity index is 810. The summed E-state index contributed by atoms with van der Waals surface area (Å²) in [6.07, 6.45) is 0. The van der Waals surface area contributed by atoms with Crippen LogP contribution in [0.25, 0.3) is 0 Å². The number of carbonyl (C=O) groups excluding carboxylic acids is 1. The molecule has 9 heteroatoms. The summed E-state index contributed by atoms with van der Waals surface area (Å²) in [5.74, 6) is -1.51. The highest BCUT2D eigenvalue weighted by atomic mass is 35.5. The van der Waals surface area contributed by atoms with Gasteiger partial charge in [0, 0.05) is 5.02 Å². The average molecular weight is 409 g/mol. The number of carboxylic acid groups (broad SMARTS) is 1. The van der Waals surface area contributed by atoms with Gasteiger partial charge in [-0.15, -0.1) is 0 Å². The van der Waals surface area contributed by atoms with E-state index in [1.54, 1.807) is 6.07 Å². The van der Waals surface area contributed by atoms with Gasteiger partial charge in [-0.2, -0.15) is 0 Å². The van der Waals surface area contributed by atoms with Gasteiger partial charge < -0.3 is 15.2 Å². The molecule has 2 rings (SSSR count). The number of ether oxygens (including phenoxy) is 1. The lowest BCUT2D eigenvalue weighted by Crippen LogP contribution is -2.20. The summed E-state index contributed by atoms with van der Waals surface area (Å²) in [6, 6.07) is 6.97. The predicted molar refractivity (Wildman–Crippen MR) is 94.0 cm³/mol. The van der Waals surface area contributed by atoms with Crippen molar-refractivity contribution >= 4 is 64.0 Å². The van der Waals surface area contributed by atoms with Crippen LogP contribution in [0.2, 0.25) is 20.1 Å². The van der Waals surface area contributed by atoms with Crippen molar-refractivity contribution in [2.75, 3.05) is 11.9 Å². The van der Waals surface area contributed by atoms with E-state index in [0.29, 0.717) is 5.02 Å². The summed E-state index contributed by atoms with van der Waals surface area (Å²) >= 11 is 23.4. The van der Waals surface area contributed by atoms with Crippen LogP contribution in [0.5, 0.6) is 5.75 Å². The van der Waals surface area contributed by atoms with Crippen LogP contribution in [0.4, 0.5) is 5.69 Å². The molecule has 1 amide bonds. The molecule has 0 unspecified atom stereocenters. The summed E-state index contributed by atoms with van der Waals surface area (Å²) in [6.45, 7) is -0.358. The van der Waals surface area contributed by atoms with E-state index >= 15 is 0 Å². The molecule has 24 heavy (non-hydrogen) atoms. The van der Waals surface area contributed by atoms with E-state index < -0.39 is 11.9 Å². The lowest BCUT2D eigenvalue weighted by atomic mass is 10.2. The van der Waals surface area contributed by atoms with Crippen molar-refractivity contribution in [1.82, 2.24) is 0 Å². The van der Waals surface area contributed by atoms with Gasteiger partial charge in [0.2, 0.25) is 0 Å². The standard InChI is InChI=1S/C15H9Cl4NO4/c16-7-1-2-13(11(19)3-7)24-6-14(21)20-12-4-8(15(22)23)9(17)5-10(12)18/h1-5H,6H2,(H,20,21)(H,22,23). The van der Waals surface area contributed by atoms with Crippen LogP contribution >= 0.6 is 46.4 Å². The molecule has 2 aromatic carbocycles. The fraction of sp³-hybridized carbons (Fsp3) is 0.0667. The van der Waals surface area contributed by atoms with Gasteiger partial charge in [0.25, 0.3) is 5.91 Å². The number of halogens is 4. The number of hydrogen-bond donors (Lipinski definition) is 2. The highest BCUT2D eigenvalue weighted by molar-refractivity contribution is 6.38. The van der Waals surface area contributed by atoms with E-state index in [2.05, 4.69) is 5.32 Å². The second-order valence-electron chi connectivity index (χ2n) is 4.53. The van der Waals surface area contributed by atoms with Crippen LogP contribution in [-0.4, -0.2) is 23.6 Å². The molecule has 0 radical (unpaired) electrons. The number of aromatic carboxylic acids is 1. The number of carbonyl (C=O) groups is 2. The Morgan fingerprint density at radius 3 is 2.33 bits per heavy atom. The molecule has 5 nitrogen and oxygen atoms in total. The molecule has 0 aliphatic carbocycles. The van der Waals surface area contributed by atoms with Gasteiger partial charge in [0.05, 0.1) is 26.3 Å². The van der Waals surface area contributed by atoms with Gasteiger partial charge in [0.1, 0.15) is 5.75 Å². The molecule has 0 bridgehead atoms. The first-order valence-corrected chi connectivity index (χ1v) is 7.89. The number of rotatable bonds is 5. The summed E-state index contributed by atoms with van der Waals surface area (Å²) in [4.78, 5) is 23.0. The third-order valence-electron chi connectivity index (χ3n) is 2.81. The number of nitrogens with one attached hydrogen (secondary N) is 1. The molecule has 0 aliphatic heterocycles. The normalized spacial score (nSPS) is 10.3. The van der Waals surface area contributed by atoms with Gasteiger partial charge in [-0.25, -0.2) is 4.79 Å². The largest absolute Gasteiger partial charge is 0.482 e. The van der Waals surface area contributed by atoms with Crippen LogP contribution in [0.1, 0.15) is 10.4 Å². The molecule has 0 spiro atoms. The molecule has 0 heterocycles. The summed E-state index contributed by atoms with van der Waals surface area (Å²) < 4.78 is 5.28. The van der Waals surface area contributed by atoms with E-state index in [9.17, 15) is 9.59 Å². The van der Waals surface area contributed by atoms with E-state index in [1.807, 2.05) is 0 Å². The molecule has 126 valence electrons. The minimum absolute atomic E-state index is 0.0327.